The Hall–Kier alpha value is -1.87. The van der Waals surface area contributed by atoms with E-state index < -0.39 is 0 Å². The second-order valence-electron chi connectivity index (χ2n) is 6.08. The van der Waals surface area contributed by atoms with Gasteiger partial charge in [-0.3, -0.25) is 4.90 Å². The highest BCUT2D eigenvalue weighted by Crippen LogP contribution is 2.23. The fourth-order valence-corrected chi connectivity index (χ4v) is 3.19. The number of piperidine rings is 1. The molecule has 0 aliphatic carbocycles. The summed E-state index contributed by atoms with van der Waals surface area (Å²) in [6, 6.07) is 18.0. The molecule has 0 bridgehead atoms. The summed E-state index contributed by atoms with van der Waals surface area (Å²) in [6.45, 7) is 3.27. The normalized spacial score (nSPS) is 16.6. The molecule has 0 aromatic heterocycles. The standard InChI is InChI=1S/C19H23FN2/c1-21(18-9-7-17(20)8-10-18)19-11-13-22(14-12-19)15-16-5-3-2-4-6-16/h2-10,19H,11-15H2,1H3. The number of rotatable bonds is 4. The Morgan fingerprint density at radius 1 is 1.00 bits per heavy atom. The van der Waals surface area contributed by atoms with Gasteiger partial charge in [-0.15, -0.1) is 0 Å². The highest BCUT2D eigenvalue weighted by molar-refractivity contribution is 5.46. The summed E-state index contributed by atoms with van der Waals surface area (Å²) in [7, 11) is 2.12. The average Bonchev–Trinajstić information content (AvgIpc) is 2.57. The smallest absolute Gasteiger partial charge is 0.123 e. The Morgan fingerprint density at radius 3 is 2.27 bits per heavy atom. The highest BCUT2D eigenvalue weighted by atomic mass is 19.1. The highest BCUT2D eigenvalue weighted by Gasteiger charge is 2.22. The molecule has 0 radical (unpaired) electrons. The third kappa shape index (κ3) is 3.66. The summed E-state index contributed by atoms with van der Waals surface area (Å²) in [4.78, 5) is 4.81. The van der Waals surface area contributed by atoms with Gasteiger partial charge in [-0.1, -0.05) is 30.3 Å². The number of anilines is 1. The predicted octanol–water partition coefficient (Wildman–Crippen LogP) is 3.93. The molecule has 1 heterocycles. The SMILES string of the molecule is CN(c1ccc(F)cc1)C1CCN(Cc2ccccc2)CC1. The Bertz CT molecular complexity index is 574. The van der Waals surface area contributed by atoms with E-state index in [9.17, 15) is 4.39 Å². The maximum absolute atomic E-state index is 13.0. The molecular formula is C19H23FN2. The van der Waals surface area contributed by atoms with Crippen molar-refractivity contribution in [3.63, 3.8) is 0 Å². The molecule has 0 amide bonds. The predicted molar refractivity (Wildman–Crippen MR) is 89.5 cm³/mol. The van der Waals surface area contributed by atoms with Crippen molar-refractivity contribution in [3.8, 4) is 0 Å². The van der Waals surface area contributed by atoms with Crippen LogP contribution >= 0.6 is 0 Å². The number of hydrogen-bond acceptors (Lipinski definition) is 2. The van der Waals surface area contributed by atoms with Gasteiger partial charge in [-0.25, -0.2) is 4.39 Å². The van der Waals surface area contributed by atoms with E-state index in [1.54, 1.807) is 0 Å². The van der Waals surface area contributed by atoms with E-state index in [2.05, 4.69) is 47.2 Å². The van der Waals surface area contributed by atoms with Crippen molar-refractivity contribution in [1.82, 2.24) is 4.90 Å². The molecule has 1 aliphatic rings. The molecule has 0 saturated carbocycles. The summed E-state index contributed by atoms with van der Waals surface area (Å²) in [5, 5.41) is 0. The van der Waals surface area contributed by atoms with Crippen LogP contribution in [0.4, 0.5) is 10.1 Å². The number of halogens is 1. The van der Waals surface area contributed by atoms with Gasteiger partial charge in [-0.2, -0.15) is 0 Å². The monoisotopic (exact) mass is 298 g/mol. The van der Waals surface area contributed by atoms with Crippen molar-refractivity contribution in [3.05, 3.63) is 66.0 Å². The molecular weight excluding hydrogens is 275 g/mol. The van der Waals surface area contributed by atoms with Crippen LogP contribution in [0, 0.1) is 5.82 Å². The summed E-state index contributed by atoms with van der Waals surface area (Å²) < 4.78 is 13.0. The first-order valence-corrected chi connectivity index (χ1v) is 7.97. The van der Waals surface area contributed by atoms with Crippen molar-refractivity contribution < 1.29 is 4.39 Å². The Balaban J connectivity index is 1.54. The van der Waals surface area contributed by atoms with E-state index in [1.807, 2.05) is 12.1 Å². The minimum Gasteiger partial charge on any atom is -0.372 e. The van der Waals surface area contributed by atoms with E-state index in [0.29, 0.717) is 6.04 Å². The molecule has 3 rings (SSSR count). The van der Waals surface area contributed by atoms with E-state index in [4.69, 9.17) is 0 Å². The molecule has 2 aromatic rings. The number of nitrogens with zero attached hydrogens (tertiary/aromatic N) is 2. The largest absolute Gasteiger partial charge is 0.372 e. The van der Waals surface area contributed by atoms with Crippen molar-refractivity contribution in [2.75, 3.05) is 25.0 Å². The lowest BCUT2D eigenvalue weighted by Crippen LogP contribution is -2.43. The van der Waals surface area contributed by atoms with Crippen molar-refractivity contribution in [2.45, 2.75) is 25.4 Å². The third-order valence-electron chi connectivity index (χ3n) is 4.59. The van der Waals surface area contributed by atoms with Gasteiger partial charge in [0.25, 0.3) is 0 Å². The first kappa shape index (κ1) is 15.0. The van der Waals surface area contributed by atoms with Crippen LogP contribution in [0.25, 0.3) is 0 Å². The van der Waals surface area contributed by atoms with Crippen molar-refractivity contribution in [1.29, 1.82) is 0 Å². The first-order chi connectivity index (χ1) is 10.7. The zero-order valence-electron chi connectivity index (χ0n) is 13.1. The molecule has 2 aromatic carbocycles. The molecule has 0 unspecified atom stereocenters. The van der Waals surface area contributed by atoms with Crippen molar-refractivity contribution >= 4 is 5.69 Å². The Morgan fingerprint density at radius 2 is 1.64 bits per heavy atom. The van der Waals surface area contributed by atoms with Crippen LogP contribution in [0.3, 0.4) is 0 Å². The lowest BCUT2D eigenvalue weighted by Gasteiger charge is -2.38. The molecule has 22 heavy (non-hydrogen) atoms. The Kier molecular flexibility index (Phi) is 4.74. The van der Waals surface area contributed by atoms with Gasteiger partial charge < -0.3 is 4.90 Å². The second-order valence-corrected chi connectivity index (χ2v) is 6.08. The minimum atomic E-state index is -0.171. The van der Waals surface area contributed by atoms with E-state index in [1.165, 1.54) is 17.7 Å². The lowest BCUT2D eigenvalue weighted by molar-refractivity contribution is 0.203. The fourth-order valence-electron chi connectivity index (χ4n) is 3.19. The molecule has 1 fully saturated rings. The molecule has 1 aliphatic heterocycles. The van der Waals surface area contributed by atoms with Gasteiger partial charge in [0.1, 0.15) is 5.82 Å². The molecule has 0 atom stereocenters. The summed E-state index contributed by atoms with van der Waals surface area (Å²) in [5.74, 6) is -0.171. The number of benzene rings is 2. The molecule has 0 N–H and O–H groups in total. The van der Waals surface area contributed by atoms with E-state index >= 15 is 0 Å². The van der Waals surface area contributed by atoms with Crippen LogP contribution in [0.5, 0.6) is 0 Å². The zero-order valence-corrected chi connectivity index (χ0v) is 13.1. The number of likely N-dealkylation sites (tertiary alicyclic amines) is 1. The molecule has 3 heteroatoms. The molecule has 0 spiro atoms. The summed E-state index contributed by atoms with van der Waals surface area (Å²) in [5.41, 5.74) is 2.48. The van der Waals surface area contributed by atoms with Gasteiger partial charge in [-0.05, 0) is 42.7 Å². The lowest BCUT2D eigenvalue weighted by atomic mass is 10.0. The zero-order chi connectivity index (χ0) is 15.4. The fraction of sp³-hybridized carbons (Fsp3) is 0.368. The van der Waals surface area contributed by atoms with Crippen LogP contribution in [0.1, 0.15) is 18.4 Å². The van der Waals surface area contributed by atoms with Crippen LogP contribution in [0.15, 0.2) is 54.6 Å². The maximum atomic E-state index is 13.0. The first-order valence-electron chi connectivity index (χ1n) is 7.97. The van der Waals surface area contributed by atoms with Crippen molar-refractivity contribution in [2.24, 2.45) is 0 Å². The third-order valence-corrected chi connectivity index (χ3v) is 4.59. The van der Waals surface area contributed by atoms with E-state index in [0.717, 1.165) is 38.2 Å². The summed E-state index contributed by atoms with van der Waals surface area (Å²) >= 11 is 0. The quantitative estimate of drug-likeness (QED) is 0.844. The molecule has 116 valence electrons. The van der Waals surface area contributed by atoms with Crippen LogP contribution in [0.2, 0.25) is 0 Å². The van der Waals surface area contributed by atoms with Crippen LogP contribution < -0.4 is 4.90 Å². The minimum absolute atomic E-state index is 0.171. The number of hydrogen-bond donors (Lipinski definition) is 0. The second kappa shape index (κ2) is 6.93. The molecule has 2 nitrogen and oxygen atoms in total. The van der Waals surface area contributed by atoms with E-state index in [-0.39, 0.29) is 5.82 Å². The van der Waals surface area contributed by atoms with Gasteiger partial charge >= 0.3 is 0 Å². The van der Waals surface area contributed by atoms with Gasteiger partial charge in [0.05, 0.1) is 0 Å². The maximum Gasteiger partial charge on any atom is 0.123 e. The Labute approximate surface area is 132 Å². The van der Waals surface area contributed by atoms with Crippen LogP contribution in [-0.4, -0.2) is 31.1 Å². The average molecular weight is 298 g/mol. The topological polar surface area (TPSA) is 6.48 Å². The molecule has 1 saturated heterocycles. The van der Waals surface area contributed by atoms with Gasteiger partial charge in [0.2, 0.25) is 0 Å². The van der Waals surface area contributed by atoms with Gasteiger partial charge in [0, 0.05) is 38.4 Å². The van der Waals surface area contributed by atoms with Crippen LogP contribution in [-0.2, 0) is 6.54 Å². The van der Waals surface area contributed by atoms with Gasteiger partial charge in [0.15, 0.2) is 0 Å². The summed E-state index contributed by atoms with van der Waals surface area (Å²) in [6.07, 6.45) is 2.31.